The Morgan fingerprint density at radius 2 is 1.31 bits per heavy atom. The van der Waals surface area contributed by atoms with Gasteiger partial charge in [-0.3, -0.25) is 0 Å². The van der Waals surface area contributed by atoms with Gasteiger partial charge in [0.2, 0.25) is 5.69 Å². The molecule has 32 heavy (non-hydrogen) atoms. The van der Waals surface area contributed by atoms with Gasteiger partial charge in [0.1, 0.15) is 12.7 Å². The Morgan fingerprint density at radius 1 is 0.719 bits per heavy atom. The van der Waals surface area contributed by atoms with E-state index in [1.807, 2.05) is 0 Å². The predicted octanol–water partition coefficient (Wildman–Crippen LogP) is 6.69. The first-order valence-corrected chi connectivity index (χ1v) is 12.1. The molecule has 3 nitrogen and oxygen atoms in total. The SMILES string of the molecule is CC(C)c1ccccc1CN1c2ccccc2N(Cc2cccc[n+]2C(C)C)C1C(C)C. The van der Waals surface area contributed by atoms with Crippen molar-refractivity contribution >= 4 is 11.4 Å². The summed E-state index contributed by atoms with van der Waals surface area (Å²) in [7, 11) is 0. The van der Waals surface area contributed by atoms with E-state index >= 15 is 0 Å². The molecule has 0 bridgehead atoms. The van der Waals surface area contributed by atoms with Crippen molar-refractivity contribution in [2.75, 3.05) is 9.80 Å². The average Bonchev–Trinajstić information content (AvgIpc) is 3.08. The lowest BCUT2D eigenvalue weighted by atomic mass is 9.96. The fourth-order valence-corrected chi connectivity index (χ4v) is 5.21. The number of anilines is 2. The van der Waals surface area contributed by atoms with E-state index in [-0.39, 0.29) is 0 Å². The molecule has 1 aliphatic rings. The minimum absolute atomic E-state index is 0.313. The first-order valence-electron chi connectivity index (χ1n) is 12.1. The molecule has 3 aromatic rings. The molecule has 1 aliphatic heterocycles. The molecule has 0 amide bonds. The third kappa shape index (κ3) is 4.26. The Bertz CT molecular complexity index is 973. The van der Waals surface area contributed by atoms with E-state index in [1.165, 1.54) is 28.2 Å². The van der Waals surface area contributed by atoms with Gasteiger partial charge < -0.3 is 9.80 Å². The maximum Gasteiger partial charge on any atom is 0.201 e. The van der Waals surface area contributed by atoms with Crippen LogP contribution in [-0.2, 0) is 13.1 Å². The van der Waals surface area contributed by atoms with Gasteiger partial charge in [-0.2, -0.15) is 4.57 Å². The molecule has 0 N–H and O–H groups in total. The van der Waals surface area contributed by atoms with Crippen LogP contribution < -0.4 is 14.4 Å². The number of benzene rings is 2. The van der Waals surface area contributed by atoms with Crippen LogP contribution in [0.25, 0.3) is 0 Å². The van der Waals surface area contributed by atoms with Crippen LogP contribution in [-0.4, -0.2) is 6.17 Å². The van der Waals surface area contributed by atoms with Crippen LogP contribution >= 0.6 is 0 Å². The van der Waals surface area contributed by atoms with Gasteiger partial charge in [0, 0.05) is 18.7 Å². The third-order valence-electron chi connectivity index (χ3n) is 6.62. The van der Waals surface area contributed by atoms with Gasteiger partial charge in [-0.25, -0.2) is 0 Å². The molecule has 0 spiro atoms. The maximum absolute atomic E-state index is 2.63. The number of hydrogen-bond acceptors (Lipinski definition) is 2. The molecule has 4 rings (SSSR count). The van der Waals surface area contributed by atoms with Crippen molar-refractivity contribution in [3.8, 4) is 0 Å². The molecule has 0 saturated heterocycles. The lowest BCUT2D eigenvalue weighted by Crippen LogP contribution is -2.49. The number of aromatic nitrogens is 1. The number of nitrogens with zero attached hydrogens (tertiary/aromatic N) is 3. The van der Waals surface area contributed by atoms with E-state index in [9.17, 15) is 0 Å². The van der Waals surface area contributed by atoms with Crippen LogP contribution in [0.3, 0.4) is 0 Å². The molecule has 3 heteroatoms. The minimum atomic E-state index is 0.313. The summed E-state index contributed by atoms with van der Waals surface area (Å²) in [4.78, 5) is 5.25. The molecular formula is C29H38N3+. The second-order valence-electron chi connectivity index (χ2n) is 9.95. The van der Waals surface area contributed by atoms with E-state index in [1.54, 1.807) is 0 Å². The number of pyridine rings is 1. The molecule has 0 saturated carbocycles. The van der Waals surface area contributed by atoms with Crippen LogP contribution in [0.5, 0.6) is 0 Å². The van der Waals surface area contributed by atoms with Crippen molar-refractivity contribution in [1.29, 1.82) is 0 Å². The topological polar surface area (TPSA) is 10.4 Å². The monoisotopic (exact) mass is 428 g/mol. The summed E-state index contributed by atoms with van der Waals surface area (Å²) >= 11 is 0. The Hall–Kier alpha value is -2.81. The summed E-state index contributed by atoms with van der Waals surface area (Å²) in [6.45, 7) is 15.7. The second-order valence-corrected chi connectivity index (χ2v) is 9.95. The number of rotatable bonds is 7. The predicted molar refractivity (Wildman–Crippen MR) is 135 cm³/mol. The highest BCUT2D eigenvalue weighted by atomic mass is 15.4. The highest BCUT2D eigenvalue weighted by molar-refractivity contribution is 5.77. The molecule has 0 aliphatic carbocycles. The molecule has 0 radical (unpaired) electrons. The second kappa shape index (κ2) is 9.36. The lowest BCUT2D eigenvalue weighted by molar-refractivity contribution is -0.723. The fraction of sp³-hybridized carbons (Fsp3) is 0.414. The van der Waals surface area contributed by atoms with Crippen molar-refractivity contribution < 1.29 is 4.57 Å². The summed E-state index contributed by atoms with van der Waals surface area (Å²) in [5.74, 6) is 1.01. The molecule has 1 atom stereocenters. The van der Waals surface area contributed by atoms with Crippen LogP contribution in [0.4, 0.5) is 11.4 Å². The molecule has 0 fully saturated rings. The van der Waals surface area contributed by atoms with Crippen LogP contribution in [0.2, 0.25) is 0 Å². The summed E-state index contributed by atoms with van der Waals surface area (Å²) in [6, 6.07) is 24.9. The summed E-state index contributed by atoms with van der Waals surface area (Å²) < 4.78 is 2.40. The van der Waals surface area contributed by atoms with Crippen molar-refractivity contribution in [3.63, 3.8) is 0 Å². The Balaban J connectivity index is 1.75. The molecule has 2 heterocycles. The molecule has 1 unspecified atom stereocenters. The molecule has 1 aromatic heterocycles. The smallest absolute Gasteiger partial charge is 0.201 e. The maximum atomic E-state index is 2.63. The van der Waals surface area contributed by atoms with Gasteiger partial charge in [-0.05, 0) is 48.9 Å². The summed E-state index contributed by atoms with van der Waals surface area (Å²) in [5, 5.41) is 0. The fourth-order valence-electron chi connectivity index (χ4n) is 5.21. The Morgan fingerprint density at radius 3 is 1.94 bits per heavy atom. The van der Waals surface area contributed by atoms with Gasteiger partial charge >= 0.3 is 0 Å². The van der Waals surface area contributed by atoms with Crippen molar-refractivity contribution in [3.05, 3.63) is 89.7 Å². The number of fused-ring (bicyclic) bond motifs is 1. The van der Waals surface area contributed by atoms with Crippen molar-refractivity contribution in [1.82, 2.24) is 0 Å². The number of hydrogen-bond donors (Lipinski definition) is 0. The molecule has 168 valence electrons. The van der Waals surface area contributed by atoms with Gasteiger partial charge in [-0.1, -0.05) is 70.2 Å². The normalized spacial score (nSPS) is 15.8. The van der Waals surface area contributed by atoms with Crippen molar-refractivity contribution in [2.24, 2.45) is 5.92 Å². The highest BCUT2D eigenvalue weighted by Gasteiger charge is 2.39. The molecule has 2 aromatic carbocycles. The zero-order valence-electron chi connectivity index (χ0n) is 20.5. The zero-order chi connectivity index (χ0) is 22.8. The van der Waals surface area contributed by atoms with Gasteiger partial charge in [0.05, 0.1) is 11.4 Å². The van der Waals surface area contributed by atoms with E-state index in [4.69, 9.17) is 0 Å². The average molecular weight is 429 g/mol. The Labute approximate surface area is 194 Å². The highest BCUT2D eigenvalue weighted by Crippen LogP contribution is 2.43. The standard InChI is InChI=1S/C29H38N3/c1-21(2)26-15-8-7-13-24(26)19-31-27-16-9-10-17-28(27)32(29(31)22(3)4)20-25-14-11-12-18-30(25)23(5)6/h7-18,21-23,29H,19-20H2,1-6H3/q+1. The van der Waals surface area contributed by atoms with Crippen LogP contribution in [0.15, 0.2) is 72.9 Å². The first kappa shape index (κ1) is 22.4. The summed E-state index contributed by atoms with van der Waals surface area (Å²) in [5.41, 5.74) is 6.92. The van der Waals surface area contributed by atoms with Gasteiger partial charge in [-0.15, -0.1) is 0 Å². The van der Waals surface area contributed by atoms with Gasteiger partial charge in [0.25, 0.3) is 0 Å². The van der Waals surface area contributed by atoms with E-state index < -0.39 is 0 Å². The third-order valence-corrected chi connectivity index (χ3v) is 6.62. The largest absolute Gasteiger partial charge is 0.345 e. The molecular weight excluding hydrogens is 390 g/mol. The minimum Gasteiger partial charge on any atom is -0.345 e. The van der Waals surface area contributed by atoms with E-state index in [0.717, 1.165) is 13.1 Å². The van der Waals surface area contributed by atoms with E-state index in [2.05, 4.69) is 129 Å². The first-order chi connectivity index (χ1) is 15.4. The number of para-hydroxylation sites is 2. The summed E-state index contributed by atoms with van der Waals surface area (Å²) in [6.07, 6.45) is 2.52. The Kier molecular flexibility index (Phi) is 6.55. The lowest BCUT2D eigenvalue weighted by Gasteiger charge is -2.36. The quantitative estimate of drug-likeness (QED) is 0.388. The van der Waals surface area contributed by atoms with Crippen molar-refractivity contribution in [2.45, 2.75) is 72.8 Å². The van der Waals surface area contributed by atoms with E-state index in [0.29, 0.717) is 24.0 Å². The van der Waals surface area contributed by atoms with Gasteiger partial charge in [0.15, 0.2) is 12.2 Å². The van der Waals surface area contributed by atoms with Crippen LogP contribution in [0.1, 0.15) is 70.3 Å². The zero-order valence-corrected chi connectivity index (χ0v) is 20.5. The van der Waals surface area contributed by atoms with Crippen LogP contribution in [0, 0.1) is 5.92 Å².